The molecule has 0 amide bonds. The highest BCUT2D eigenvalue weighted by molar-refractivity contribution is 7.22. The second-order valence-electron chi connectivity index (χ2n) is 3.97. The van der Waals surface area contributed by atoms with Crippen molar-refractivity contribution in [3.05, 3.63) is 54.2 Å². The van der Waals surface area contributed by atoms with Crippen LogP contribution < -0.4 is 0 Å². The van der Waals surface area contributed by atoms with E-state index in [2.05, 4.69) is 42.2 Å². The highest BCUT2D eigenvalue weighted by Crippen LogP contribution is 2.37. The monoisotopic (exact) mass is 239 g/mol. The molecule has 0 radical (unpaired) electrons. The van der Waals surface area contributed by atoms with Gasteiger partial charge in [0.25, 0.3) is 0 Å². The summed E-state index contributed by atoms with van der Waals surface area (Å²) >= 11 is 1.84. The molecule has 2 aromatic heterocycles. The van der Waals surface area contributed by atoms with Crippen molar-refractivity contribution < 1.29 is 0 Å². The van der Waals surface area contributed by atoms with Gasteiger partial charge in [-0.1, -0.05) is 31.2 Å². The molecule has 0 aliphatic carbocycles. The van der Waals surface area contributed by atoms with E-state index < -0.39 is 0 Å². The van der Waals surface area contributed by atoms with E-state index in [1.165, 1.54) is 20.5 Å². The molecule has 0 N–H and O–H groups in total. The van der Waals surface area contributed by atoms with Crippen molar-refractivity contribution in [2.45, 2.75) is 13.3 Å². The van der Waals surface area contributed by atoms with Crippen molar-refractivity contribution in [2.24, 2.45) is 0 Å². The van der Waals surface area contributed by atoms with Crippen LogP contribution in [0.25, 0.3) is 20.7 Å². The van der Waals surface area contributed by atoms with Crippen molar-refractivity contribution in [2.75, 3.05) is 0 Å². The maximum atomic E-state index is 4.46. The lowest BCUT2D eigenvalue weighted by molar-refractivity contribution is 1.17. The Morgan fingerprint density at radius 2 is 1.88 bits per heavy atom. The lowest BCUT2D eigenvalue weighted by atomic mass is 10.1. The quantitative estimate of drug-likeness (QED) is 0.640. The lowest BCUT2D eigenvalue weighted by Crippen LogP contribution is -1.84. The minimum absolute atomic E-state index is 1.05. The molecular formula is C15H13NS. The molecule has 2 heterocycles. The van der Waals surface area contributed by atoms with Crippen LogP contribution in [0.15, 0.2) is 48.7 Å². The molecule has 2 heteroatoms. The topological polar surface area (TPSA) is 12.9 Å². The van der Waals surface area contributed by atoms with Crippen molar-refractivity contribution in [3.63, 3.8) is 0 Å². The van der Waals surface area contributed by atoms with Gasteiger partial charge in [-0.25, -0.2) is 0 Å². The van der Waals surface area contributed by atoms with Crippen LogP contribution in [-0.4, -0.2) is 4.98 Å². The lowest BCUT2D eigenvalue weighted by Gasteiger charge is -2.00. The average molecular weight is 239 g/mol. The van der Waals surface area contributed by atoms with Gasteiger partial charge in [0.05, 0.1) is 10.6 Å². The molecule has 3 rings (SSSR count). The fourth-order valence-corrected chi connectivity index (χ4v) is 3.42. The minimum atomic E-state index is 1.05. The molecule has 1 nitrogen and oxygen atoms in total. The SMILES string of the molecule is CCc1c(-c2ccccn2)sc2ccccc12. The molecule has 0 bridgehead atoms. The Morgan fingerprint density at radius 1 is 1.06 bits per heavy atom. The van der Waals surface area contributed by atoms with Gasteiger partial charge in [-0.15, -0.1) is 11.3 Å². The molecule has 3 aromatic rings. The molecule has 0 spiro atoms. The van der Waals surface area contributed by atoms with Gasteiger partial charge < -0.3 is 0 Å². The summed E-state index contributed by atoms with van der Waals surface area (Å²) in [6.07, 6.45) is 2.91. The van der Waals surface area contributed by atoms with Crippen molar-refractivity contribution >= 4 is 21.4 Å². The number of benzene rings is 1. The van der Waals surface area contributed by atoms with Crippen LogP contribution in [0, 0.1) is 0 Å². The number of thiophene rings is 1. The number of fused-ring (bicyclic) bond motifs is 1. The van der Waals surface area contributed by atoms with E-state index in [1.807, 2.05) is 29.7 Å². The summed E-state index contributed by atoms with van der Waals surface area (Å²) in [6, 6.07) is 14.7. The normalized spacial score (nSPS) is 10.9. The summed E-state index contributed by atoms with van der Waals surface area (Å²) in [4.78, 5) is 5.78. The third-order valence-electron chi connectivity index (χ3n) is 2.95. The highest BCUT2D eigenvalue weighted by Gasteiger charge is 2.12. The first-order valence-electron chi connectivity index (χ1n) is 5.82. The molecule has 0 saturated heterocycles. The summed E-state index contributed by atoms with van der Waals surface area (Å²) in [7, 11) is 0. The number of nitrogens with zero attached hydrogens (tertiary/aromatic N) is 1. The molecule has 0 unspecified atom stereocenters. The van der Waals surface area contributed by atoms with E-state index in [-0.39, 0.29) is 0 Å². The van der Waals surface area contributed by atoms with E-state index in [1.54, 1.807) is 0 Å². The molecular weight excluding hydrogens is 226 g/mol. The van der Waals surface area contributed by atoms with Crippen molar-refractivity contribution in [3.8, 4) is 10.6 Å². The summed E-state index contributed by atoms with van der Waals surface area (Å²) in [5.74, 6) is 0. The van der Waals surface area contributed by atoms with Gasteiger partial charge in [-0.05, 0) is 35.6 Å². The fraction of sp³-hybridized carbons (Fsp3) is 0.133. The third-order valence-corrected chi connectivity index (χ3v) is 4.18. The van der Waals surface area contributed by atoms with E-state index in [0.29, 0.717) is 0 Å². The minimum Gasteiger partial charge on any atom is -0.255 e. The van der Waals surface area contributed by atoms with Crippen LogP contribution in [0.3, 0.4) is 0 Å². The van der Waals surface area contributed by atoms with Crippen LogP contribution in [0.4, 0.5) is 0 Å². The van der Waals surface area contributed by atoms with E-state index >= 15 is 0 Å². The zero-order chi connectivity index (χ0) is 11.7. The molecule has 0 atom stereocenters. The maximum absolute atomic E-state index is 4.46. The highest BCUT2D eigenvalue weighted by atomic mass is 32.1. The van der Waals surface area contributed by atoms with Gasteiger partial charge in [0, 0.05) is 10.9 Å². The number of hydrogen-bond acceptors (Lipinski definition) is 2. The van der Waals surface area contributed by atoms with Crippen molar-refractivity contribution in [1.82, 2.24) is 4.98 Å². The summed E-state index contributed by atoms with van der Waals surface area (Å²) in [5.41, 5.74) is 2.51. The van der Waals surface area contributed by atoms with E-state index in [0.717, 1.165) is 12.1 Å². The van der Waals surface area contributed by atoms with Gasteiger partial charge in [0.15, 0.2) is 0 Å². The van der Waals surface area contributed by atoms with Crippen molar-refractivity contribution in [1.29, 1.82) is 0 Å². The standard InChI is InChI=1S/C15H13NS/c1-2-11-12-7-3-4-9-14(12)17-15(11)13-8-5-6-10-16-13/h3-10H,2H2,1H3. The molecule has 0 aliphatic rings. The number of aryl methyl sites for hydroxylation is 1. The second-order valence-corrected chi connectivity index (χ2v) is 5.03. The molecule has 84 valence electrons. The summed E-state index contributed by atoms with van der Waals surface area (Å²) < 4.78 is 1.35. The first-order valence-corrected chi connectivity index (χ1v) is 6.63. The zero-order valence-electron chi connectivity index (χ0n) is 9.68. The van der Waals surface area contributed by atoms with Gasteiger partial charge >= 0.3 is 0 Å². The van der Waals surface area contributed by atoms with Crippen LogP contribution in [0.1, 0.15) is 12.5 Å². The second kappa shape index (κ2) is 4.30. The Bertz CT molecular complexity index is 640. The van der Waals surface area contributed by atoms with E-state index in [9.17, 15) is 0 Å². The third kappa shape index (κ3) is 1.75. The number of aromatic nitrogens is 1. The van der Waals surface area contributed by atoms with Crippen LogP contribution in [0.5, 0.6) is 0 Å². The number of rotatable bonds is 2. The van der Waals surface area contributed by atoms with Crippen LogP contribution >= 0.6 is 11.3 Å². The first-order chi connectivity index (χ1) is 8.40. The molecule has 0 aliphatic heterocycles. The van der Waals surface area contributed by atoms with Crippen LogP contribution in [0.2, 0.25) is 0 Å². The van der Waals surface area contributed by atoms with Crippen LogP contribution in [-0.2, 0) is 6.42 Å². The zero-order valence-corrected chi connectivity index (χ0v) is 10.5. The van der Waals surface area contributed by atoms with Gasteiger partial charge in [0.1, 0.15) is 0 Å². The number of pyridine rings is 1. The Morgan fingerprint density at radius 3 is 2.65 bits per heavy atom. The smallest absolute Gasteiger partial charge is 0.0804 e. The predicted octanol–water partition coefficient (Wildman–Crippen LogP) is 4.53. The Balaban J connectivity index is 2.30. The Kier molecular flexibility index (Phi) is 2.65. The van der Waals surface area contributed by atoms with Gasteiger partial charge in [-0.2, -0.15) is 0 Å². The predicted molar refractivity (Wildman–Crippen MR) is 74.4 cm³/mol. The van der Waals surface area contributed by atoms with Gasteiger partial charge in [0.2, 0.25) is 0 Å². The van der Waals surface area contributed by atoms with Gasteiger partial charge in [-0.3, -0.25) is 4.98 Å². The van der Waals surface area contributed by atoms with E-state index in [4.69, 9.17) is 0 Å². The first kappa shape index (κ1) is 10.5. The molecule has 17 heavy (non-hydrogen) atoms. The number of hydrogen-bond donors (Lipinski definition) is 0. The average Bonchev–Trinajstić information content (AvgIpc) is 2.78. The Labute approximate surface area is 105 Å². The summed E-state index contributed by atoms with van der Waals surface area (Å²) in [5, 5.41) is 1.38. The largest absolute Gasteiger partial charge is 0.255 e. The Hall–Kier alpha value is -1.67. The fourth-order valence-electron chi connectivity index (χ4n) is 2.15. The maximum Gasteiger partial charge on any atom is 0.0804 e. The molecule has 0 fully saturated rings. The summed E-state index contributed by atoms with van der Waals surface area (Å²) in [6.45, 7) is 2.21. The molecule has 1 aromatic carbocycles. The molecule has 0 saturated carbocycles.